The SMILES string of the molecule is Cc1cc(C)c2oc(C(C)C)nc2c1. The predicted molar refractivity (Wildman–Crippen MR) is 57.6 cm³/mol. The summed E-state index contributed by atoms with van der Waals surface area (Å²) in [5.74, 6) is 1.18. The van der Waals surface area contributed by atoms with E-state index in [9.17, 15) is 0 Å². The molecule has 1 aromatic carbocycles. The summed E-state index contributed by atoms with van der Waals surface area (Å²) in [6.07, 6.45) is 0. The second kappa shape index (κ2) is 3.12. The van der Waals surface area contributed by atoms with E-state index >= 15 is 0 Å². The smallest absolute Gasteiger partial charge is 0.198 e. The van der Waals surface area contributed by atoms with Crippen LogP contribution in [-0.2, 0) is 0 Å². The quantitative estimate of drug-likeness (QED) is 0.685. The van der Waals surface area contributed by atoms with E-state index in [0.717, 1.165) is 17.0 Å². The van der Waals surface area contributed by atoms with Gasteiger partial charge in [-0.05, 0) is 31.0 Å². The maximum absolute atomic E-state index is 5.70. The zero-order valence-corrected chi connectivity index (χ0v) is 9.09. The lowest BCUT2D eigenvalue weighted by atomic mass is 10.1. The zero-order chi connectivity index (χ0) is 10.3. The van der Waals surface area contributed by atoms with Crippen LogP contribution in [0.15, 0.2) is 16.5 Å². The van der Waals surface area contributed by atoms with Crippen molar-refractivity contribution in [3.05, 3.63) is 29.2 Å². The standard InChI is InChI=1S/C12H15NO/c1-7(2)12-13-10-6-8(3)5-9(4)11(10)14-12/h5-7H,1-4H3. The maximum atomic E-state index is 5.70. The van der Waals surface area contributed by atoms with Crippen molar-refractivity contribution in [2.24, 2.45) is 0 Å². The van der Waals surface area contributed by atoms with E-state index in [1.807, 2.05) is 0 Å². The number of aryl methyl sites for hydroxylation is 2. The normalized spacial score (nSPS) is 11.5. The van der Waals surface area contributed by atoms with E-state index in [1.165, 1.54) is 11.1 Å². The third-order valence-corrected chi connectivity index (χ3v) is 2.33. The van der Waals surface area contributed by atoms with Crippen LogP contribution in [0.4, 0.5) is 0 Å². The minimum absolute atomic E-state index is 0.349. The molecule has 0 aliphatic heterocycles. The summed E-state index contributed by atoms with van der Waals surface area (Å²) in [7, 11) is 0. The van der Waals surface area contributed by atoms with Crippen LogP contribution in [0, 0.1) is 13.8 Å². The first-order valence-electron chi connectivity index (χ1n) is 4.95. The van der Waals surface area contributed by atoms with E-state index in [1.54, 1.807) is 0 Å². The Kier molecular flexibility index (Phi) is 2.06. The fraction of sp³-hybridized carbons (Fsp3) is 0.417. The van der Waals surface area contributed by atoms with Gasteiger partial charge in [0.25, 0.3) is 0 Å². The molecule has 0 aliphatic rings. The summed E-state index contributed by atoms with van der Waals surface area (Å²) in [5, 5.41) is 0. The highest BCUT2D eigenvalue weighted by Gasteiger charge is 2.10. The number of hydrogen-bond donors (Lipinski definition) is 0. The number of aromatic nitrogens is 1. The molecule has 0 aliphatic carbocycles. The predicted octanol–water partition coefficient (Wildman–Crippen LogP) is 3.57. The van der Waals surface area contributed by atoms with Crippen LogP contribution < -0.4 is 0 Å². The highest BCUT2D eigenvalue weighted by Crippen LogP contribution is 2.24. The molecule has 0 N–H and O–H groups in total. The van der Waals surface area contributed by atoms with Gasteiger partial charge in [0.2, 0.25) is 0 Å². The van der Waals surface area contributed by atoms with Gasteiger partial charge in [-0.15, -0.1) is 0 Å². The van der Waals surface area contributed by atoms with Crippen LogP contribution in [0.1, 0.15) is 36.8 Å². The number of rotatable bonds is 1. The Labute approximate surface area is 84.0 Å². The van der Waals surface area contributed by atoms with Crippen LogP contribution >= 0.6 is 0 Å². The first kappa shape index (κ1) is 9.25. The average molecular weight is 189 g/mol. The van der Waals surface area contributed by atoms with Gasteiger partial charge >= 0.3 is 0 Å². The van der Waals surface area contributed by atoms with Crippen LogP contribution in [0.2, 0.25) is 0 Å². The Morgan fingerprint density at radius 3 is 2.57 bits per heavy atom. The third-order valence-electron chi connectivity index (χ3n) is 2.33. The van der Waals surface area contributed by atoms with Crippen molar-refractivity contribution in [3.8, 4) is 0 Å². The molecule has 1 heterocycles. The van der Waals surface area contributed by atoms with E-state index in [-0.39, 0.29) is 0 Å². The molecule has 0 unspecified atom stereocenters. The first-order valence-corrected chi connectivity index (χ1v) is 4.95. The number of benzene rings is 1. The number of nitrogens with zero attached hydrogens (tertiary/aromatic N) is 1. The number of oxazole rings is 1. The van der Waals surface area contributed by atoms with Crippen molar-refractivity contribution in [3.63, 3.8) is 0 Å². The third kappa shape index (κ3) is 1.41. The molecular weight excluding hydrogens is 174 g/mol. The molecule has 0 amide bonds. The monoisotopic (exact) mass is 189 g/mol. The average Bonchev–Trinajstić information content (AvgIpc) is 2.47. The summed E-state index contributed by atoms with van der Waals surface area (Å²) in [5.41, 5.74) is 4.31. The Bertz CT molecular complexity index is 468. The maximum Gasteiger partial charge on any atom is 0.198 e. The molecule has 74 valence electrons. The molecule has 0 fully saturated rings. The Morgan fingerprint density at radius 2 is 1.93 bits per heavy atom. The van der Waals surface area contributed by atoms with Crippen LogP contribution in [0.5, 0.6) is 0 Å². The van der Waals surface area contributed by atoms with Gasteiger partial charge in [-0.1, -0.05) is 19.9 Å². The second-order valence-electron chi connectivity index (χ2n) is 4.14. The molecule has 2 rings (SSSR count). The zero-order valence-electron chi connectivity index (χ0n) is 9.09. The van der Waals surface area contributed by atoms with Gasteiger partial charge in [0.15, 0.2) is 11.5 Å². The van der Waals surface area contributed by atoms with Gasteiger partial charge in [-0.2, -0.15) is 0 Å². The molecule has 14 heavy (non-hydrogen) atoms. The molecular formula is C12H15NO. The molecule has 0 bridgehead atoms. The van der Waals surface area contributed by atoms with Crippen molar-refractivity contribution in [1.29, 1.82) is 0 Å². The number of fused-ring (bicyclic) bond motifs is 1. The fourth-order valence-electron chi connectivity index (χ4n) is 1.64. The van der Waals surface area contributed by atoms with Crippen molar-refractivity contribution in [2.75, 3.05) is 0 Å². The first-order chi connectivity index (χ1) is 6.58. The van der Waals surface area contributed by atoms with E-state index in [2.05, 4.69) is 44.8 Å². The van der Waals surface area contributed by atoms with Crippen LogP contribution in [0.25, 0.3) is 11.1 Å². The molecule has 0 saturated heterocycles. The Balaban J connectivity index is 2.70. The Hall–Kier alpha value is -1.31. The van der Waals surface area contributed by atoms with E-state index in [0.29, 0.717) is 5.92 Å². The summed E-state index contributed by atoms with van der Waals surface area (Å²) in [6, 6.07) is 4.19. The highest BCUT2D eigenvalue weighted by molar-refractivity contribution is 5.77. The molecule has 2 heteroatoms. The van der Waals surface area contributed by atoms with Crippen molar-refractivity contribution >= 4 is 11.1 Å². The van der Waals surface area contributed by atoms with Crippen LogP contribution in [-0.4, -0.2) is 4.98 Å². The Morgan fingerprint density at radius 1 is 1.21 bits per heavy atom. The molecule has 0 radical (unpaired) electrons. The highest BCUT2D eigenvalue weighted by atomic mass is 16.3. The summed E-state index contributed by atoms with van der Waals surface area (Å²) >= 11 is 0. The largest absolute Gasteiger partial charge is 0.440 e. The summed E-state index contributed by atoms with van der Waals surface area (Å²) in [6.45, 7) is 8.32. The van der Waals surface area contributed by atoms with Crippen molar-refractivity contribution in [1.82, 2.24) is 4.98 Å². The lowest BCUT2D eigenvalue weighted by Crippen LogP contribution is -1.84. The molecule has 0 spiro atoms. The number of hydrogen-bond acceptors (Lipinski definition) is 2. The molecule has 0 atom stereocenters. The lowest BCUT2D eigenvalue weighted by Gasteiger charge is -1.95. The minimum atomic E-state index is 0.349. The van der Waals surface area contributed by atoms with Crippen molar-refractivity contribution in [2.45, 2.75) is 33.6 Å². The van der Waals surface area contributed by atoms with Crippen LogP contribution in [0.3, 0.4) is 0 Å². The van der Waals surface area contributed by atoms with E-state index < -0.39 is 0 Å². The molecule has 0 saturated carbocycles. The van der Waals surface area contributed by atoms with Gasteiger partial charge in [-0.25, -0.2) is 4.98 Å². The minimum Gasteiger partial charge on any atom is -0.440 e. The van der Waals surface area contributed by atoms with Gasteiger partial charge in [0, 0.05) is 5.92 Å². The second-order valence-corrected chi connectivity index (χ2v) is 4.14. The summed E-state index contributed by atoms with van der Waals surface area (Å²) in [4.78, 5) is 4.47. The molecule has 1 aromatic heterocycles. The summed E-state index contributed by atoms with van der Waals surface area (Å²) < 4.78 is 5.70. The van der Waals surface area contributed by atoms with E-state index in [4.69, 9.17) is 4.42 Å². The molecule has 2 nitrogen and oxygen atoms in total. The van der Waals surface area contributed by atoms with Gasteiger partial charge in [0.1, 0.15) is 5.52 Å². The fourth-order valence-corrected chi connectivity index (χ4v) is 1.64. The van der Waals surface area contributed by atoms with Gasteiger partial charge < -0.3 is 4.42 Å². The van der Waals surface area contributed by atoms with Gasteiger partial charge in [0.05, 0.1) is 0 Å². The molecule has 2 aromatic rings. The topological polar surface area (TPSA) is 26.0 Å². The lowest BCUT2D eigenvalue weighted by molar-refractivity contribution is 0.500. The van der Waals surface area contributed by atoms with Gasteiger partial charge in [-0.3, -0.25) is 0 Å². The van der Waals surface area contributed by atoms with Crippen molar-refractivity contribution < 1.29 is 4.42 Å².